The standard InChI is InChI=1S/C40H24N2O.2C40H24N2S/c2*1-2-13-27(14-3-1)41-34-18-8-6-15-28(34)32-23-33-31-21-25-11-4-5-12-26(25)22-36(31)42(38(33)24-37(32)41)35-19-10-17-30-29-16-7-9-20-39(29)43-40(30)35;1-2-12-26(13-3-1)41-36-24-37-32(23-33(36)30-22-21-25-11-4-5-14-27(25)39(30)41)28-15-6-8-18-34(28)42(37)35-19-10-17-31-29-16-7-9-20-38(29)43-40(31)35/h3*1-24H. The summed E-state index contributed by atoms with van der Waals surface area (Å²) in [6, 6.07) is 159. The fourth-order valence-corrected chi connectivity index (χ4v) is 24.0. The first-order valence-electron chi connectivity index (χ1n) is 44.1. The number of hydrogen-bond acceptors (Lipinski definition) is 3. The highest BCUT2D eigenvalue weighted by atomic mass is 32.1. The van der Waals surface area contributed by atoms with Gasteiger partial charge in [0.15, 0.2) is 5.58 Å². The van der Waals surface area contributed by atoms with Gasteiger partial charge in [0.2, 0.25) is 0 Å². The molecule has 0 aliphatic rings. The highest BCUT2D eigenvalue weighted by Crippen LogP contribution is 2.50. The Bertz CT molecular complexity index is 9600. The van der Waals surface area contributed by atoms with E-state index in [1.165, 1.54) is 221 Å². The molecule has 0 aliphatic carbocycles. The molecule has 30 aromatic rings. The molecule has 129 heavy (non-hydrogen) atoms. The van der Waals surface area contributed by atoms with Crippen molar-refractivity contribution in [3.05, 3.63) is 437 Å². The van der Waals surface area contributed by atoms with Crippen molar-refractivity contribution in [1.29, 1.82) is 0 Å². The molecule has 0 spiro atoms. The van der Waals surface area contributed by atoms with Gasteiger partial charge in [0, 0.05) is 129 Å². The first kappa shape index (κ1) is 71.8. The maximum absolute atomic E-state index is 6.60. The third-order valence-corrected chi connectivity index (χ3v) is 29.6. The highest BCUT2D eigenvalue weighted by Gasteiger charge is 2.27. The molecule has 30 rings (SSSR count). The Morgan fingerprint density at radius 1 is 0.163 bits per heavy atom. The van der Waals surface area contributed by atoms with E-state index in [2.05, 4.69) is 458 Å². The summed E-state index contributed by atoms with van der Waals surface area (Å²) in [5.74, 6) is 0. The number of aromatic nitrogens is 6. The van der Waals surface area contributed by atoms with Gasteiger partial charge in [-0.2, -0.15) is 0 Å². The number of thiophene rings is 2. The van der Waals surface area contributed by atoms with E-state index in [0.717, 1.165) is 38.8 Å². The lowest BCUT2D eigenvalue weighted by molar-refractivity contribution is 0.666. The highest BCUT2D eigenvalue weighted by molar-refractivity contribution is 7.26. The molecule has 0 radical (unpaired) electrons. The number of fused-ring (bicyclic) bond motifs is 31. The van der Waals surface area contributed by atoms with Crippen LogP contribution in [0.5, 0.6) is 0 Å². The van der Waals surface area contributed by atoms with Crippen LogP contribution in [0.15, 0.2) is 441 Å². The molecule has 21 aromatic carbocycles. The first-order chi connectivity index (χ1) is 64.0. The van der Waals surface area contributed by atoms with Gasteiger partial charge >= 0.3 is 0 Å². The van der Waals surface area contributed by atoms with Crippen molar-refractivity contribution in [2.24, 2.45) is 0 Å². The third-order valence-electron chi connectivity index (χ3n) is 27.2. The molecule has 0 bridgehead atoms. The zero-order chi connectivity index (χ0) is 84.2. The summed E-state index contributed by atoms with van der Waals surface area (Å²) in [5.41, 5.74) is 23.4. The Balaban J connectivity index is 0.0000000976. The number of nitrogens with zero attached hydrogens (tertiary/aromatic N) is 6. The second-order valence-corrected chi connectivity index (χ2v) is 36.2. The molecule has 600 valence electrons. The Labute approximate surface area is 745 Å². The summed E-state index contributed by atoms with van der Waals surface area (Å²) in [4.78, 5) is 0. The van der Waals surface area contributed by atoms with Crippen molar-refractivity contribution in [3.63, 3.8) is 0 Å². The lowest BCUT2D eigenvalue weighted by atomic mass is 10.0. The molecular formula is C120H72N6OS2. The topological polar surface area (TPSA) is 42.7 Å². The first-order valence-corrected chi connectivity index (χ1v) is 45.7. The van der Waals surface area contributed by atoms with Crippen molar-refractivity contribution in [2.75, 3.05) is 0 Å². The van der Waals surface area contributed by atoms with Crippen LogP contribution < -0.4 is 0 Å². The fourth-order valence-electron chi connectivity index (χ4n) is 21.6. The molecule has 9 aromatic heterocycles. The normalized spacial score (nSPS) is 12.2. The number of benzene rings is 21. The van der Waals surface area contributed by atoms with Gasteiger partial charge in [0.25, 0.3) is 0 Å². The molecule has 0 amide bonds. The Morgan fingerprint density at radius 3 is 0.977 bits per heavy atom. The van der Waals surface area contributed by atoms with Gasteiger partial charge in [-0.3, -0.25) is 0 Å². The average Bonchev–Trinajstić information content (AvgIpc) is 1.55. The Hall–Kier alpha value is -16.6. The van der Waals surface area contributed by atoms with Gasteiger partial charge in [-0.25, -0.2) is 0 Å². The van der Waals surface area contributed by atoms with Crippen molar-refractivity contribution < 1.29 is 4.42 Å². The molecule has 7 nitrogen and oxygen atoms in total. The number of rotatable bonds is 6. The molecule has 0 unspecified atom stereocenters. The lowest BCUT2D eigenvalue weighted by Gasteiger charge is -2.11. The Kier molecular flexibility index (Phi) is 15.6. The predicted molar refractivity (Wildman–Crippen MR) is 551 cm³/mol. The number of hydrogen-bond donors (Lipinski definition) is 0. The molecule has 9 heteroatoms. The molecule has 0 N–H and O–H groups in total. The monoisotopic (exact) mass is 1680 g/mol. The van der Waals surface area contributed by atoms with E-state index >= 15 is 0 Å². The van der Waals surface area contributed by atoms with E-state index in [4.69, 9.17) is 4.42 Å². The Morgan fingerprint density at radius 2 is 0.481 bits per heavy atom. The van der Waals surface area contributed by atoms with Gasteiger partial charge in [0.05, 0.1) is 92.7 Å². The molecule has 0 saturated heterocycles. The van der Waals surface area contributed by atoms with E-state index < -0.39 is 0 Å². The van der Waals surface area contributed by atoms with Crippen LogP contribution in [0.2, 0.25) is 0 Å². The summed E-state index contributed by atoms with van der Waals surface area (Å²) >= 11 is 3.78. The zero-order valence-corrected chi connectivity index (χ0v) is 71.1. The third kappa shape index (κ3) is 10.7. The smallest absolute Gasteiger partial charge is 0.159 e. The van der Waals surface area contributed by atoms with Crippen molar-refractivity contribution in [1.82, 2.24) is 27.4 Å². The van der Waals surface area contributed by atoms with Crippen LogP contribution in [-0.4, -0.2) is 27.4 Å². The van der Waals surface area contributed by atoms with Gasteiger partial charge in [-0.05, 0) is 179 Å². The minimum absolute atomic E-state index is 0.902. The fraction of sp³-hybridized carbons (Fsp3) is 0. The summed E-state index contributed by atoms with van der Waals surface area (Å²) in [6.45, 7) is 0. The minimum atomic E-state index is 0.902. The maximum Gasteiger partial charge on any atom is 0.159 e. The van der Waals surface area contributed by atoms with Crippen LogP contribution in [0.1, 0.15) is 0 Å². The quantitative estimate of drug-likeness (QED) is 0.164. The van der Waals surface area contributed by atoms with Crippen LogP contribution in [0.4, 0.5) is 0 Å². The van der Waals surface area contributed by atoms with Crippen LogP contribution in [0, 0.1) is 0 Å². The van der Waals surface area contributed by atoms with E-state index in [9.17, 15) is 0 Å². The van der Waals surface area contributed by atoms with Crippen molar-refractivity contribution in [3.8, 4) is 34.1 Å². The second kappa shape index (κ2) is 28.0. The van der Waals surface area contributed by atoms with Gasteiger partial charge in [0.1, 0.15) is 5.58 Å². The lowest BCUT2D eigenvalue weighted by Crippen LogP contribution is -1.96. The minimum Gasteiger partial charge on any atom is -0.454 e. The van der Waals surface area contributed by atoms with Crippen LogP contribution in [0.3, 0.4) is 0 Å². The molecule has 0 aliphatic heterocycles. The van der Waals surface area contributed by atoms with E-state index in [1.54, 1.807) is 0 Å². The van der Waals surface area contributed by atoms with Gasteiger partial charge < -0.3 is 31.8 Å². The summed E-state index contributed by atoms with van der Waals surface area (Å²) in [7, 11) is 0. The summed E-state index contributed by atoms with van der Waals surface area (Å²) < 4.78 is 26.6. The van der Waals surface area contributed by atoms with Gasteiger partial charge in [-0.1, -0.05) is 285 Å². The molecule has 0 atom stereocenters. The summed E-state index contributed by atoms with van der Waals surface area (Å²) in [5, 5.41) is 30.2. The van der Waals surface area contributed by atoms with E-state index in [-0.39, 0.29) is 0 Å². The molecule has 0 fully saturated rings. The van der Waals surface area contributed by atoms with E-state index in [1.807, 2.05) is 28.7 Å². The maximum atomic E-state index is 6.60. The van der Waals surface area contributed by atoms with E-state index in [0.29, 0.717) is 0 Å². The SMILES string of the molecule is c1ccc(-n2c3cc4c(cc3c3ccc5ccccc5c32)c2ccccc2n4-c2cccc3c2sc2ccccc23)cc1.c1ccc(-n2c3ccccc3c3cc4c5cc6ccccc6cc5n(-c5cccc6c5oc5ccccc56)c4cc32)cc1.c1ccc(-n2c3ccccc3c3cc4c5cc6ccccc6cc5n(-c5cccc6c5sc5ccccc56)c4cc32)cc1. The van der Waals surface area contributed by atoms with Crippen LogP contribution in [-0.2, 0) is 0 Å². The zero-order valence-electron chi connectivity index (χ0n) is 69.5. The van der Waals surface area contributed by atoms with Crippen LogP contribution >= 0.6 is 22.7 Å². The van der Waals surface area contributed by atoms with Crippen molar-refractivity contribution >= 4 is 248 Å². The predicted octanol–water partition coefficient (Wildman–Crippen LogP) is 33.7. The van der Waals surface area contributed by atoms with Crippen molar-refractivity contribution in [2.45, 2.75) is 0 Å². The second-order valence-electron chi connectivity index (χ2n) is 34.1. The van der Waals surface area contributed by atoms with Gasteiger partial charge in [-0.15, -0.1) is 22.7 Å². The molecule has 0 saturated carbocycles. The number of furan rings is 1. The van der Waals surface area contributed by atoms with Crippen LogP contribution in [0.25, 0.3) is 260 Å². The summed E-state index contributed by atoms with van der Waals surface area (Å²) in [6.07, 6.45) is 0. The number of para-hydroxylation sites is 8. The largest absolute Gasteiger partial charge is 0.454 e. The molecule has 9 heterocycles. The average molecular weight is 1680 g/mol. The molecular weight excluding hydrogens is 1610 g/mol.